The number of aliphatic hydroxyl groups excluding tert-OH is 1. The molecule has 1 aromatic heterocycles. The molecule has 0 saturated heterocycles. The summed E-state index contributed by atoms with van der Waals surface area (Å²) in [7, 11) is 0. The molecule has 1 atom stereocenters. The number of benzene rings is 1. The van der Waals surface area contributed by atoms with Crippen LogP contribution in [-0.4, -0.2) is 5.11 Å². The van der Waals surface area contributed by atoms with Crippen LogP contribution in [0.15, 0.2) is 40.4 Å². The number of hydrogen-bond donors (Lipinski definition) is 1. The second-order valence-corrected chi connectivity index (χ2v) is 5.73. The van der Waals surface area contributed by atoms with E-state index in [0.29, 0.717) is 6.54 Å². The van der Waals surface area contributed by atoms with Crippen LogP contribution >= 0.6 is 27.3 Å². The highest BCUT2D eigenvalue weighted by Gasteiger charge is 2.14. The Balaban J connectivity index is 2.08. The lowest BCUT2D eigenvalue weighted by molar-refractivity contribution is -0.700. The predicted octanol–water partition coefficient (Wildman–Crippen LogP) is 2.84. The molecule has 0 bridgehead atoms. The van der Waals surface area contributed by atoms with Crippen LogP contribution in [0.25, 0.3) is 0 Å². The Kier molecular flexibility index (Phi) is 3.74. The van der Waals surface area contributed by atoms with E-state index in [9.17, 15) is 5.11 Å². The van der Waals surface area contributed by atoms with Crippen LogP contribution in [0.5, 0.6) is 0 Å². The average Bonchev–Trinajstić information content (AvgIpc) is 2.65. The molecule has 1 unspecified atom stereocenters. The summed E-state index contributed by atoms with van der Waals surface area (Å²) in [5, 5.41) is 10.0. The molecule has 0 radical (unpaired) electrons. The largest absolute Gasteiger partial charge is 0.382 e. The lowest BCUT2D eigenvalue weighted by Gasteiger charge is -2.06. The van der Waals surface area contributed by atoms with Crippen LogP contribution in [0.3, 0.4) is 0 Å². The maximum Gasteiger partial charge on any atom is 0.225 e. The number of aryl methyl sites for hydroxylation is 1. The Morgan fingerprint density at radius 3 is 2.62 bits per heavy atom. The normalized spacial score (nSPS) is 12.7. The summed E-state index contributed by atoms with van der Waals surface area (Å²) in [6.07, 6.45) is 1.60. The smallest absolute Gasteiger partial charge is 0.225 e. The fourth-order valence-corrected chi connectivity index (χ4v) is 2.44. The number of rotatable bonds is 3. The second kappa shape index (κ2) is 5.08. The van der Waals surface area contributed by atoms with E-state index < -0.39 is 6.10 Å². The van der Waals surface area contributed by atoms with Crippen molar-refractivity contribution in [1.29, 1.82) is 0 Å². The summed E-state index contributed by atoms with van der Waals surface area (Å²) in [6.45, 7) is 2.67. The molecule has 0 spiro atoms. The third-order valence-corrected chi connectivity index (χ3v) is 3.74. The van der Waals surface area contributed by atoms with Crippen molar-refractivity contribution in [1.82, 2.24) is 0 Å². The third kappa shape index (κ3) is 2.90. The van der Waals surface area contributed by atoms with Gasteiger partial charge in [-0.2, -0.15) is 4.57 Å². The Hall–Kier alpha value is -0.710. The Morgan fingerprint density at radius 1 is 1.38 bits per heavy atom. The summed E-state index contributed by atoms with van der Waals surface area (Å²) in [6, 6.07) is 7.77. The van der Waals surface area contributed by atoms with Gasteiger partial charge in [0.2, 0.25) is 5.51 Å². The minimum atomic E-state index is -0.452. The van der Waals surface area contributed by atoms with Gasteiger partial charge in [0.05, 0.1) is 4.88 Å². The minimum Gasteiger partial charge on any atom is -0.382 e. The van der Waals surface area contributed by atoms with E-state index in [-0.39, 0.29) is 0 Å². The lowest BCUT2D eigenvalue weighted by atomic mass is 10.1. The molecule has 1 N–H and O–H groups in total. The number of thiazole rings is 1. The standard InChI is InChI=1S/C12H13BrNOS/c1-9-6-14(8-16-9)7-12(15)10-2-4-11(13)5-3-10/h2-6,8,12,15H,7H2,1H3/q+1. The van der Waals surface area contributed by atoms with E-state index >= 15 is 0 Å². The van der Waals surface area contributed by atoms with Crippen LogP contribution in [0.4, 0.5) is 0 Å². The van der Waals surface area contributed by atoms with Gasteiger partial charge in [0.1, 0.15) is 6.10 Å². The molecule has 0 saturated carbocycles. The molecule has 0 aliphatic heterocycles. The van der Waals surface area contributed by atoms with Gasteiger partial charge in [0.25, 0.3) is 0 Å². The Morgan fingerprint density at radius 2 is 2.06 bits per heavy atom. The van der Waals surface area contributed by atoms with Crippen LogP contribution in [0.1, 0.15) is 16.5 Å². The van der Waals surface area contributed by atoms with Gasteiger partial charge in [0.15, 0.2) is 12.7 Å². The quantitative estimate of drug-likeness (QED) is 0.866. The number of aromatic nitrogens is 1. The molecular weight excluding hydrogens is 286 g/mol. The highest BCUT2D eigenvalue weighted by Crippen LogP contribution is 2.17. The molecule has 1 aromatic carbocycles. The monoisotopic (exact) mass is 298 g/mol. The highest BCUT2D eigenvalue weighted by molar-refractivity contribution is 9.10. The maximum absolute atomic E-state index is 10.0. The van der Waals surface area contributed by atoms with Crippen LogP contribution in [0.2, 0.25) is 0 Å². The van der Waals surface area contributed by atoms with Crippen molar-refractivity contribution >= 4 is 27.3 Å². The molecule has 0 aliphatic carbocycles. The molecule has 84 valence electrons. The van der Waals surface area contributed by atoms with Crippen molar-refractivity contribution in [2.24, 2.45) is 0 Å². The van der Waals surface area contributed by atoms with Crippen molar-refractivity contribution in [3.05, 3.63) is 50.9 Å². The average molecular weight is 299 g/mol. The SMILES string of the molecule is Cc1c[n+](CC(O)c2ccc(Br)cc2)cs1. The molecule has 2 aromatic rings. The van der Waals surface area contributed by atoms with Crippen molar-refractivity contribution in [2.75, 3.05) is 0 Å². The summed E-state index contributed by atoms with van der Waals surface area (Å²) in [5.74, 6) is 0. The number of aliphatic hydroxyl groups is 1. The number of hydrogen-bond acceptors (Lipinski definition) is 2. The third-order valence-electron chi connectivity index (χ3n) is 2.36. The molecule has 16 heavy (non-hydrogen) atoms. The molecule has 0 aliphatic rings. The van der Waals surface area contributed by atoms with Crippen LogP contribution in [-0.2, 0) is 6.54 Å². The topological polar surface area (TPSA) is 24.1 Å². The molecule has 1 heterocycles. The lowest BCUT2D eigenvalue weighted by Crippen LogP contribution is -2.33. The van der Waals surface area contributed by atoms with Crippen LogP contribution in [0, 0.1) is 6.92 Å². The van der Waals surface area contributed by atoms with E-state index in [1.54, 1.807) is 11.3 Å². The van der Waals surface area contributed by atoms with Gasteiger partial charge in [-0.15, -0.1) is 0 Å². The van der Waals surface area contributed by atoms with Crippen molar-refractivity contribution in [2.45, 2.75) is 19.6 Å². The molecule has 4 heteroatoms. The first kappa shape index (κ1) is 11.8. The molecule has 0 amide bonds. The van der Waals surface area contributed by atoms with Crippen molar-refractivity contribution in [3.8, 4) is 0 Å². The van der Waals surface area contributed by atoms with E-state index in [0.717, 1.165) is 10.0 Å². The highest BCUT2D eigenvalue weighted by atomic mass is 79.9. The van der Waals surface area contributed by atoms with Crippen molar-refractivity contribution < 1.29 is 9.67 Å². The van der Waals surface area contributed by atoms with Gasteiger partial charge < -0.3 is 5.11 Å². The first-order valence-corrected chi connectivity index (χ1v) is 6.70. The molecule has 0 fully saturated rings. The van der Waals surface area contributed by atoms with Gasteiger partial charge in [-0.3, -0.25) is 0 Å². The molecule has 2 nitrogen and oxygen atoms in total. The first-order chi connectivity index (χ1) is 7.65. The fraction of sp³-hybridized carbons (Fsp3) is 0.250. The predicted molar refractivity (Wildman–Crippen MR) is 68.4 cm³/mol. The summed E-state index contributed by atoms with van der Waals surface area (Å²) >= 11 is 5.07. The second-order valence-electron chi connectivity index (χ2n) is 3.73. The van der Waals surface area contributed by atoms with E-state index in [2.05, 4.69) is 22.9 Å². The molecular formula is C12H13BrNOS+. The zero-order valence-corrected chi connectivity index (χ0v) is 11.3. The van der Waals surface area contributed by atoms with E-state index in [1.807, 2.05) is 40.5 Å². The van der Waals surface area contributed by atoms with E-state index in [1.165, 1.54) is 4.88 Å². The van der Waals surface area contributed by atoms with Gasteiger partial charge in [0, 0.05) is 4.47 Å². The summed E-state index contributed by atoms with van der Waals surface area (Å²) in [5.41, 5.74) is 2.97. The van der Waals surface area contributed by atoms with Gasteiger partial charge in [-0.1, -0.05) is 39.4 Å². The Bertz CT molecular complexity index is 466. The van der Waals surface area contributed by atoms with Gasteiger partial charge in [-0.05, 0) is 24.6 Å². The van der Waals surface area contributed by atoms with Crippen LogP contribution < -0.4 is 4.57 Å². The Labute approximate surface area is 107 Å². The van der Waals surface area contributed by atoms with Crippen molar-refractivity contribution in [3.63, 3.8) is 0 Å². The zero-order valence-electron chi connectivity index (χ0n) is 8.93. The number of nitrogens with zero attached hydrogens (tertiary/aromatic N) is 1. The first-order valence-electron chi connectivity index (χ1n) is 5.03. The maximum atomic E-state index is 10.0. The van der Waals surface area contributed by atoms with Gasteiger partial charge >= 0.3 is 0 Å². The van der Waals surface area contributed by atoms with E-state index in [4.69, 9.17) is 0 Å². The minimum absolute atomic E-state index is 0.452. The van der Waals surface area contributed by atoms with Gasteiger partial charge in [-0.25, -0.2) is 0 Å². The summed E-state index contributed by atoms with van der Waals surface area (Å²) in [4.78, 5) is 1.25. The zero-order chi connectivity index (χ0) is 11.5. The summed E-state index contributed by atoms with van der Waals surface area (Å²) < 4.78 is 3.05. The fourth-order valence-electron chi connectivity index (χ4n) is 1.53. The molecule has 2 rings (SSSR count). The number of halogens is 1.